The maximum atomic E-state index is 11.2. The van der Waals surface area contributed by atoms with Crippen molar-refractivity contribution < 1.29 is 9.66 Å². The summed E-state index contributed by atoms with van der Waals surface area (Å²) in [6.45, 7) is 3.76. The Hall–Kier alpha value is -1.58. The Morgan fingerprint density at radius 2 is 2.00 bits per heavy atom. The van der Waals surface area contributed by atoms with Gasteiger partial charge in [-0.05, 0) is 51.2 Å². The van der Waals surface area contributed by atoms with Crippen LogP contribution in [-0.2, 0) is 12.8 Å². The molecule has 1 aromatic carbocycles. The summed E-state index contributed by atoms with van der Waals surface area (Å²) in [6.07, 6.45) is 3.84. The van der Waals surface area contributed by atoms with Crippen LogP contribution in [-0.4, -0.2) is 11.0 Å². The van der Waals surface area contributed by atoms with E-state index in [4.69, 9.17) is 4.74 Å². The minimum atomic E-state index is -0.304. The lowest BCUT2D eigenvalue weighted by Gasteiger charge is -2.18. The van der Waals surface area contributed by atoms with Crippen LogP contribution < -0.4 is 4.74 Å². The van der Waals surface area contributed by atoms with Crippen LogP contribution in [0.1, 0.15) is 37.8 Å². The summed E-state index contributed by atoms with van der Waals surface area (Å²) in [5.74, 6) is 0.408. The molecule has 1 aromatic rings. The molecule has 0 amide bonds. The number of fused-ring (bicyclic) bond motifs is 1. The molecule has 4 heteroatoms. The minimum Gasteiger partial charge on any atom is -0.484 e. The fourth-order valence-electron chi connectivity index (χ4n) is 2.34. The smallest absolute Gasteiger partial charge is 0.314 e. The highest BCUT2D eigenvalue weighted by atomic mass is 16.6. The molecule has 17 heavy (non-hydrogen) atoms. The van der Waals surface area contributed by atoms with E-state index < -0.39 is 0 Å². The van der Waals surface area contributed by atoms with Gasteiger partial charge in [-0.3, -0.25) is 10.1 Å². The molecule has 0 saturated heterocycles. The Morgan fingerprint density at radius 1 is 1.29 bits per heavy atom. The molecule has 0 aromatic heterocycles. The van der Waals surface area contributed by atoms with E-state index in [9.17, 15) is 10.1 Å². The van der Waals surface area contributed by atoms with Crippen molar-refractivity contribution in [2.45, 2.75) is 45.6 Å². The molecule has 0 bridgehead atoms. The molecule has 0 N–H and O–H groups in total. The van der Waals surface area contributed by atoms with Crippen molar-refractivity contribution in [3.05, 3.63) is 33.4 Å². The Morgan fingerprint density at radius 3 is 2.65 bits per heavy atom. The van der Waals surface area contributed by atoms with E-state index in [1.165, 1.54) is 0 Å². The van der Waals surface area contributed by atoms with Crippen molar-refractivity contribution in [3.8, 4) is 5.75 Å². The zero-order valence-corrected chi connectivity index (χ0v) is 10.2. The van der Waals surface area contributed by atoms with Gasteiger partial charge in [-0.1, -0.05) is 6.07 Å². The third-order valence-electron chi connectivity index (χ3n) is 3.01. The third-order valence-corrected chi connectivity index (χ3v) is 3.01. The average Bonchev–Trinajstić information content (AvgIpc) is 2.27. The number of hydrogen-bond donors (Lipinski definition) is 0. The van der Waals surface area contributed by atoms with Crippen LogP contribution in [0.2, 0.25) is 0 Å². The Labute approximate surface area is 101 Å². The third kappa shape index (κ3) is 2.40. The first-order valence-corrected chi connectivity index (χ1v) is 6.05. The van der Waals surface area contributed by atoms with Gasteiger partial charge in [0, 0.05) is 5.56 Å². The first-order valence-electron chi connectivity index (χ1n) is 6.05. The molecule has 92 valence electrons. The van der Waals surface area contributed by atoms with Crippen LogP contribution in [0, 0.1) is 10.1 Å². The molecule has 0 atom stereocenters. The second-order valence-electron chi connectivity index (χ2n) is 4.68. The summed E-state index contributed by atoms with van der Waals surface area (Å²) in [6, 6.07) is 3.71. The number of benzene rings is 1. The molecule has 1 aliphatic carbocycles. The predicted octanol–water partition coefficient (Wildman–Crippen LogP) is 3.26. The Bertz CT molecular complexity index is 441. The van der Waals surface area contributed by atoms with Crippen LogP contribution in [0.25, 0.3) is 0 Å². The first-order chi connectivity index (χ1) is 8.09. The fourth-order valence-corrected chi connectivity index (χ4v) is 2.34. The topological polar surface area (TPSA) is 52.4 Å². The second-order valence-corrected chi connectivity index (χ2v) is 4.68. The van der Waals surface area contributed by atoms with Gasteiger partial charge >= 0.3 is 5.69 Å². The van der Waals surface area contributed by atoms with Gasteiger partial charge in [0.05, 0.1) is 11.0 Å². The van der Waals surface area contributed by atoms with Crippen molar-refractivity contribution in [3.63, 3.8) is 0 Å². The van der Waals surface area contributed by atoms with Crippen LogP contribution in [0.3, 0.4) is 0 Å². The van der Waals surface area contributed by atoms with Gasteiger partial charge in [0.15, 0.2) is 5.75 Å². The first kappa shape index (κ1) is 11.9. The molecule has 2 rings (SSSR count). The average molecular weight is 235 g/mol. The monoisotopic (exact) mass is 235 g/mol. The van der Waals surface area contributed by atoms with E-state index in [1.807, 2.05) is 19.9 Å². The van der Waals surface area contributed by atoms with E-state index in [0.29, 0.717) is 5.75 Å². The summed E-state index contributed by atoms with van der Waals surface area (Å²) in [7, 11) is 0. The van der Waals surface area contributed by atoms with Gasteiger partial charge < -0.3 is 4.74 Å². The lowest BCUT2D eigenvalue weighted by atomic mass is 9.90. The standard InChI is InChI=1S/C13H17NO3/c1-9(2)17-12-8-7-10-5-3-4-6-11(10)13(12)14(15)16/h7-9H,3-6H2,1-2H3. The summed E-state index contributed by atoms with van der Waals surface area (Å²) >= 11 is 0. The number of nitrogens with zero attached hydrogens (tertiary/aromatic N) is 1. The van der Waals surface area contributed by atoms with Crippen LogP contribution in [0.5, 0.6) is 5.75 Å². The molecular formula is C13H17NO3. The maximum absolute atomic E-state index is 11.2. The van der Waals surface area contributed by atoms with E-state index >= 15 is 0 Å². The SMILES string of the molecule is CC(C)Oc1ccc2c(c1[N+](=O)[O-])CCCC2. The number of aryl methyl sites for hydroxylation is 1. The van der Waals surface area contributed by atoms with E-state index in [2.05, 4.69) is 0 Å². The Kier molecular flexibility index (Phi) is 3.31. The fraction of sp³-hybridized carbons (Fsp3) is 0.538. The van der Waals surface area contributed by atoms with Gasteiger partial charge in [0.25, 0.3) is 0 Å². The molecule has 0 fully saturated rings. The number of nitro groups is 1. The van der Waals surface area contributed by atoms with Crippen molar-refractivity contribution in [1.82, 2.24) is 0 Å². The quantitative estimate of drug-likeness (QED) is 0.596. The molecule has 0 heterocycles. The molecule has 0 unspecified atom stereocenters. The highest BCUT2D eigenvalue weighted by Crippen LogP contribution is 2.37. The van der Waals surface area contributed by atoms with Crippen molar-refractivity contribution in [2.75, 3.05) is 0 Å². The molecule has 0 aliphatic heterocycles. The van der Waals surface area contributed by atoms with E-state index in [1.54, 1.807) is 6.07 Å². The number of ether oxygens (including phenoxy) is 1. The second kappa shape index (κ2) is 4.73. The molecule has 4 nitrogen and oxygen atoms in total. The largest absolute Gasteiger partial charge is 0.484 e. The van der Waals surface area contributed by atoms with Gasteiger partial charge in [-0.2, -0.15) is 0 Å². The minimum absolute atomic E-state index is 0.0460. The van der Waals surface area contributed by atoms with Crippen molar-refractivity contribution in [2.24, 2.45) is 0 Å². The predicted molar refractivity (Wildman–Crippen MR) is 65.5 cm³/mol. The van der Waals surface area contributed by atoms with Crippen molar-refractivity contribution >= 4 is 5.69 Å². The molecule has 0 spiro atoms. The molecule has 0 radical (unpaired) electrons. The molecule has 1 aliphatic rings. The van der Waals surface area contributed by atoms with Crippen molar-refractivity contribution in [1.29, 1.82) is 0 Å². The Balaban J connectivity index is 2.49. The van der Waals surface area contributed by atoms with Crippen LogP contribution >= 0.6 is 0 Å². The summed E-state index contributed by atoms with van der Waals surface area (Å²) in [5.41, 5.74) is 2.16. The zero-order chi connectivity index (χ0) is 12.4. The molecule has 0 saturated carbocycles. The van der Waals surface area contributed by atoms with Crippen LogP contribution in [0.15, 0.2) is 12.1 Å². The number of rotatable bonds is 3. The van der Waals surface area contributed by atoms with E-state index in [0.717, 1.165) is 36.8 Å². The highest BCUT2D eigenvalue weighted by Gasteiger charge is 2.26. The number of hydrogen-bond acceptors (Lipinski definition) is 3. The van der Waals surface area contributed by atoms with Gasteiger partial charge in [-0.25, -0.2) is 0 Å². The van der Waals surface area contributed by atoms with Gasteiger partial charge in [-0.15, -0.1) is 0 Å². The zero-order valence-electron chi connectivity index (χ0n) is 10.2. The lowest BCUT2D eigenvalue weighted by Crippen LogP contribution is -2.11. The normalized spacial score (nSPS) is 14.5. The summed E-state index contributed by atoms with van der Waals surface area (Å²) in [4.78, 5) is 10.9. The number of nitro benzene ring substituents is 1. The lowest BCUT2D eigenvalue weighted by molar-refractivity contribution is -0.386. The van der Waals surface area contributed by atoms with E-state index in [-0.39, 0.29) is 16.7 Å². The van der Waals surface area contributed by atoms with Crippen LogP contribution in [0.4, 0.5) is 5.69 Å². The highest BCUT2D eigenvalue weighted by molar-refractivity contribution is 5.57. The van der Waals surface area contributed by atoms with Gasteiger partial charge in [0.1, 0.15) is 0 Å². The maximum Gasteiger partial charge on any atom is 0.314 e. The molecular weight excluding hydrogens is 218 g/mol. The van der Waals surface area contributed by atoms with Gasteiger partial charge in [0.2, 0.25) is 0 Å². The summed E-state index contributed by atoms with van der Waals surface area (Å²) < 4.78 is 5.53. The summed E-state index contributed by atoms with van der Waals surface area (Å²) in [5, 5.41) is 11.2.